The molecule has 1 fully saturated rings. The second-order valence-corrected chi connectivity index (χ2v) is 8.43. The third kappa shape index (κ3) is 3.96. The number of aromatic nitrogens is 1. The molecule has 140 valence electrons. The minimum atomic E-state index is -3.52. The van der Waals surface area contributed by atoms with E-state index in [1.54, 1.807) is 25.1 Å². The molecular weight excluding hydrogens is 354 g/mol. The van der Waals surface area contributed by atoms with Crippen molar-refractivity contribution in [2.75, 3.05) is 18.4 Å². The third-order valence-electron chi connectivity index (χ3n) is 4.67. The van der Waals surface area contributed by atoms with E-state index < -0.39 is 10.0 Å². The minimum absolute atomic E-state index is 0.150. The van der Waals surface area contributed by atoms with Gasteiger partial charge in [0.1, 0.15) is 5.76 Å². The SMILES string of the molecule is CCc1ccc(S(=O)(=O)N2CCC(C(=O)Nc3cc(C)on3)CC2)cc1. The van der Waals surface area contributed by atoms with Gasteiger partial charge in [-0.25, -0.2) is 8.42 Å². The van der Waals surface area contributed by atoms with Crippen LogP contribution in [0.2, 0.25) is 0 Å². The number of rotatable bonds is 5. The number of piperidine rings is 1. The highest BCUT2D eigenvalue weighted by Crippen LogP contribution is 2.25. The Labute approximate surface area is 153 Å². The standard InChI is InChI=1S/C18H23N3O4S/c1-3-14-4-6-16(7-5-14)26(23,24)21-10-8-15(9-11-21)18(22)19-17-12-13(2)25-20-17/h4-7,12,15H,3,8-11H2,1-2H3,(H,19,20,22). The van der Waals surface area contributed by atoms with Crippen LogP contribution in [0.3, 0.4) is 0 Å². The summed E-state index contributed by atoms with van der Waals surface area (Å²) in [5.41, 5.74) is 1.10. The van der Waals surface area contributed by atoms with Crippen molar-refractivity contribution in [3.05, 3.63) is 41.7 Å². The average molecular weight is 377 g/mol. The van der Waals surface area contributed by atoms with E-state index in [4.69, 9.17) is 4.52 Å². The second-order valence-electron chi connectivity index (χ2n) is 6.49. The maximum Gasteiger partial charge on any atom is 0.243 e. The van der Waals surface area contributed by atoms with E-state index in [1.165, 1.54) is 4.31 Å². The van der Waals surface area contributed by atoms with Gasteiger partial charge < -0.3 is 9.84 Å². The topological polar surface area (TPSA) is 92.5 Å². The van der Waals surface area contributed by atoms with Gasteiger partial charge in [0.15, 0.2) is 5.82 Å². The summed E-state index contributed by atoms with van der Waals surface area (Å²) >= 11 is 0. The number of carbonyl (C=O) groups excluding carboxylic acids is 1. The second kappa shape index (κ2) is 7.59. The minimum Gasteiger partial charge on any atom is -0.360 e. The van der Waals surface area contributed by atoms with E-state index in [0.717, 1.165) is 12.0 Å². The molecule has 1 aromatic heterocycles. The van der Waals surface area contributed by atoms with Crippen molar-refractivity contribution in [1.29, 1.82) is 0 Å². The Kier molecular flexibility index (Phi) is 5.43. The average Bonchev–Trinajstić information content (AvgIpc) is 3.06. The Morgan fingerprint density at radius 3 is 2.46 bits per heavy atom. The van der Waals surface area contributed by atoms with E-state index in [0.29, 0.717) is 42.4 Å². The zero-order valence-corrected chi connectivity index (χ0v) is 15.8. The van der Waals surface area contributed by atoms with Crippen LogP contribution in [0.25, 0.3) is 0 Å². The molecule has 1 amide bonds. The molecular formula is C18H23N3O4S. The monoisotopic (exact) mass is 377 g/mol. The van der Waals surface area contributed by atoms with Gasteiger partial charge in [-0.05, 0) is 43.9 Å². The summed E-state index contributed by atoms with van der Waals surface area (Å²) in [6.07, 6.45) is 1.83. The van der Waals surface area contributed by atoms with Gasteiger partial charge in [-0.15, -0.1) is 0 Å². The Bertz CT molecular complexity index is 866. The molecule has 8 heteroatoms. The van der Waals surface area contributed by atoms with Crippen LogP contribution in [-0.2, 0) is 21.2 Å². The fraction of sp³-hybridized carbons (Fsp3) is 0.444. The van der Waals surface area contributed by atoms with E-state index in [2.05, 4.69) is 10.5 Å². The van der Waals surface area contributed by atoms with Crippen LogP contribution in [0.5, 0.6) is 0 Å². The summed E-state index contributed by atoms with van der Waals surface area (Å²) in [6, 6.07) is 8.64. The van der Waals surface area contributed by atoms with E-state index in [-0.39, 0.29) is 11.8 Å². The molecule has 3 rings (SSSR count). The van der Waals surface area contributed by atoms with Gasteiger partial charge in [0, 0.05) is 25.1 Å². The van der Waals surface area contributed by atoms with Gasteiger partial charge in [-0.1, -0.05) is 24.2 Å². The molecule has 0 radical (unpaired) electrons. The molecule has 0 spiro atoms. The molecule has 0 unspecified atom stereocenters. The summed E-state index contributed by atoms with van der Waals surface area (Å²) in [5.74, 6) is 0.623. The van der Waals surface area contributed by atoms with Crippen molar-refractivity contribution in [3.63, 3.8) is 0 Å². The molecule has 1 aromatic carbocycles. The number of benzene rings is 1. The van der Waals surface area contributed by atoms with Crippen LogP contribution in [0.4, 0.5) is 5.82 Å². The van der Waals surface area contributed by atoms with Crippen LogP contribution in [0, 0.1) is 12.8 Å². The Morgan fingerprint density at radius 2 is 1.92 bits per heavy atom. The van der Waals surface area contributed by atoms with Crippen molar-refractivity contribution < 1.29 is 17.7 Å². The maximum atomic E-state index is 12.8. The molecule has 1 saturated heterocycles. The zero-order valence-electron chi connectivity index (χ0n) is 14.9. The Balaban J connectivity index is 1.60. The fourth-order valence-electron chi connectivity index (χ4n) is 3.06. The number of sulfonamides is 1. The maximum absolute atomic E-state index is 12.8. The number of carbonyl (C=O) groups is 1. The van der Waals surface area contributed by atoms with E-state index in [9.17, 15) is 13.2 Å². The van der Waals surface area contributed by atoms with Gasteiger partial charge in [-0.3, -0.25) is 4.79 Å². The number of anilines is 1. The summed E-state index contributed by atoms with van der Waals surface area (Å²) in [6.45, 7) is 4.43. The number of hydrogen-bond donors (Lipinski definition) is 1. The van der Waals surface area contributed by atoms with E-state index >= 15 is 0 Å². The molecule has 1 aliphatic rings. The molecule has 26 heavy (non-hydrogen) atoms. The van der Waals surface area contributed by atoms with Crippen molar-refractivity contribution in [2.24, 2.45) is 5.92 Å². The van der Waals surface area contributed by atoms with Gasteiger partial charge >= 0.3 is 0 Å². The molecule has 1 N–H and O–H groups in total. The third-order valence-corrected chi connectivity index (χ3v) is 6.59. The molecule has 0 atom stereocenters. The quantitative estimate of drug-likeness (QED) is 0.864. The molecule has 0 saturated carbocycles. The number of hydrogen-bond acceptors (Lipinski definition) is 5. The Morgan fingerprint density at radius 1 is 1.27 bits per heavy atom. The highest BCUT2D eigenvalue weighted by molar-refractivity contribution is 7.89. The highest BCUT2D eigenvalue weighted by atomic mass is 32.2. The summed E-state index contributed by atoms with van der Waals surface area (Å²) in [4.78, 5) is 12.6. The van der Waals surface area contributed by atoms with Crippen LogP contribution in [-0.4, -0.2) is 36.9 Å². The lowest BCUT2D eigenvalue weighted by atomic mass is 9.97. The molecule has 2 aromatic rings. The molecule has 0 aliphatic carbocycles. The zero-order chi connectivity index (χ0) is 18.7. The first-order valence-electron chi connectivity index (χ1n) is 8.73. The first-order chi connectivity index (χ1) is 12.4. The predicted molar refractivity (Wildman–Crippen MR) is 97.2 cm³/mol. The first kappa shape index (κ1) is 18.6. The number of nitrogens with one attached hydrogen (secondary N) is 1. The lowest BCUT2D eigenvalue weighted by Gasteiger charge is -2.30. The van der Waals surface area contributed by atoms with Crippen LogP contribution < -0.4 is 5.32 Å². The van der Waals surface area contributed by atoms with Crippen LogP contribution in [0.1, 0.15) is 31.1 Å². The lowest BCUT2D eigenvalue weighted by Crippen LogP contribution is -2.41. The van der Waals surface area contributed by atoms with Crippen molar-refractivity contribution in [3.8, 4) is 0 Å². The van der Waals surface area contributed by atoms with Crippen molar-refractivity contribution in [1.82, 2.24) is 9.46 Å². The smallest absolute Gasteiger partial charge is 0.243 e. The first-order valence-corrected chi connectivity index (χ1v) is 10.2. The molecule has 0 bridgehead atoms. The van der Waals surface area contributed by atoms with Crippen molar-refractivity contribution >= 4 is 21.7 Å². The normalized spacial score (nSPS) is 16.5. The number of nitrogens with zero attached hydrogens (tertiary/aromatic N) is 2. The van der Waals surface area contributed by atoms with Crippen LogP contribution in [0.15, 0.2) is 39.8 Å². The lowest BCUT2D eigenvalue weighted by molar-refractivity contribution is -0.120. The fourth-order valence-corrected chi connectivity index (χ4v) is 4.53. The van der Waals surface area contributed by atoms with Gasteiger partial charge in [0.05, 0.1) is 4.90 Å². The van der Waals surface area contributed by atoms with Gasteiger partial charge in [0.2, 0.25) is 15.9 Å². The van der Waals surface area contributed by atoms with E-state index in [1.807, 2.05) is 19.1 Å². The highest BCUT2D eigenvalue weighted by Gasteiger charge is 2.32. The van der Waals surface area contributed by atoms with Gasteiger partial charge in [0.25, 0.3) is 0 Å². The predicted octanol–water partition coefficient (Wildman–Crippen LogP) is 2.58. The molecule has 1 aliphatic heterocycles. The largest absolute Gasteiger partial charge is 0.360 e. The summed E-state index contributed by atoms with van der Waals surface area (Å²) < 4.78 is 31.9. The summed E-state index contributed by atoms with van der Waals surface area (Å²) in [5, 5.41) is 6.46. The number of amides is 1. The summed E-state index contributed by atoms with van der Waals surface area (Å²) in [7, 11) is -3.52. The van der Waals surface area contributed by atoms with Crippen LogP contribution >= 0.6 is 0 Å². The number of aryl methyl sites for hydroxylation is 2. The van der Waals surface area contributed by atoms with Crippen molar-refractivity contribution in [2.45, 2.75) is 38.0 Å². The van der Waals surface area contributed by atoms with Gasteiger partial charge in [-0.2, -0.15) is 4.31 Å². The molecule has 2 heterocycles. The molecule has 7 nitrogen and oxygen atoms in total. The Hall–Kier alpha value is -2.19.